The van der Waals surface area contributed by atoms with Gasteiger partial charge in [0.05, 0.1) is 11.5 Å². The van der Waals surface area contributed by atoms with E-state index in [1.54, 1.807) is 6.08 Å². The van der Waals surface area contributed by atoms with E-state index in [1.807, 2.05) is 30.3 Å². The van der Waals surface area contributed by atoms with Gasteiger partial charge in [-0.3, -0.25) is 14.5 Å². The third kappa shape index (κ3) is 4.13. The number of thiocarbonyl (C=S) groups is 1. The van der Waals surface area contributed by atoms with Crippen molar-refractivity contribution in [1.29, 1.82) is 0 Å². The lowest BCUT2D eigenvalue weighted by molar-refractivity contribution is -0.128. The van der Waals surface area contributed by atoms with Crippen LogP contribution in [0.2, 0.25) is 0 Å². The quantitative estimate of drug-likeness (QED) is 0.625. The van der Waals surface area contributed by atoms with Crippen LogP contribution in [0.3, 0.4) is 0 Å². The molecule has 1 saturated heterocycles. The Morgan fingerprint density at radius 1 is 1.38 bits per heavy atom. The SMILES string of the molecule is O=C(CN1C(=O)/C(=C/c2ccccc2)SC1=S)NCCO. The average molecular weight is 322 g/mol. The first-order valence-corrected chi connectivity index (χ1v) is 7.52. The van der Waals surface area contributed by atoms with E-state index in [-0.39, 0.29) is 31.5 Å². The Labute approximate surface area is 132 Å². The van der Waals surface area contributed by atoms with Crippen molar-refractivity contribution in [3.63, 3.8) is 0 Å². The van der Waals surface area contributed by atoms with Crippen LogP contribution < -0.4 is 5.32 Å². The molecule has 2 amide bonds. The topological polar surface area (TPSA) is 69.6 Å². The lowest BCUT2D eigenvalue weighted by Gasteiger charge is -2.13. The Morgan fingerprint density at radius 3 is 2.76 bits per heavy atom. The predicted octanol–water partition coefficient (Wildman–Crippen LogP) is 0.996. The summed E-state index contributed by atoms with van der Waals surface area (Å²) >= 11 is 6.32. The van der Waals surface area contributed by atoms with Crippen molar-refractivity contribution in [2.45, 2.75) is 0 Å². The number of amides is 2. The standard InChI is InChI=1S/C14H14N2O3S2/c17-7-6-15-12(18)9-16-13(19)11(21-14(16)20)8-10-4-2-1-3-5-10/h1-5,8,17H,6-7,9H2,(H,15,18)/b11-8-. The minimum Gasteiger partial charge on any atom is -0.395 e. The molecule has 0 aromatic heterocycles. The summed E-state index contributed by atoms with van der Waals surface area (Å²) < 4.78 is 0.362. The van der Waals surface area contributed by atoms with E-state index in [0.29, 0.717) is 9.23 Å². The Morgan fingerprint density at radius 2 is 2.10 bits per heavy atom. The van der Waals surface area contributed by atoms with E-state index in [0.717, 1.165) is 5.56 Å². The number of hydrogen-bond acceptors (Lipinski definition) is 5. The number of aliphatic hydroxyl groups is 1. The van der Waals surface area contributed by atoms with Crippen molar-refractivity contribution in [3.8, 4) is 0 Å². The van der Waals surface area contributed by atoms with Crippen molar-refractivity contribution >= 4 is 46.2 Å². The third-order valence-electron chi connectivity index (χ3n) is 2.71. The summed E-state index contributed by atoms with van der Waals surface area (Å²) in [6, 6.07) is 9.44. The van der Waals surface area contributed by atoms with E-state index < -0.39 is 0 Å². The molecule has 1 heterocycles. The van der Waals surface area contributed by atoms with Crippen LogP contribution in [0.25, 0.3) is 6.08 Å². The number of thioether (sulfide) groups is 1. The maximum absolute atomic E-state index is 12.2. The summed E-state index contributed by atoms with van der Waals surface area (Å²) in [5.74, 6) is -0.616. The molecule has 7 heteroatoms. The maximum Gasteiger partial charge on any atom is 0.266 e. The highest BCUT2D eigenvalue weighted by Gasteiger charge is 2.33. The molecule has 1 aromatic rings. The Hall–Kier alpha value is -1.70. The molecule has 0 aliphatic carbocycles. The van der Waals surface area contributed by atoms with Gasteiger partial charge in [-0.1, -0.05) is 54.3 Å². The first kappa shape index (κ1) is 15.7. The van der Waals surface area contributed by atoms with Gasteiger partial charge in [-0.15, -0.1) is 0 Å². The van der Waals surface area contributed by atoms with Crippen LogP contribution in [0.15, 0.2) is 35.2 Å². The van der Waals surface area contributed by atoms with Crippen LogP contribution in [0, 0.1) is 0 Å². The summed E-state index contributed by atoms with van der Waals surface area (Å²) in [4.78, 5) is 25.6. The largest absolute Gasteiger partial charge is 0.395 e. The number of rotatable bonds is 5. The van der Waals surface area contributed by atoms with Crippen LogP contribution in [0.5, 0.6) is 0 Å². The number of nitrogens with one attached hydrogen (secondary N) is 1. The second-order valence-electron chi connectivity index (χ2n) is 4.25. The summed E-state index contributed by atoms with van der Waals surface area (Å²) in [5, 5.41) is 11.1. The van der Waals surface area contributed by atoms with E-state index in [2.05, 4.69) is 5.32 Å². The van der Waals surface area contributed by atoms with Crippen LogP contribution in [0.1, 0.15) is 5.56 Å². The monoisotopic (exact) mass is 322 g/mol. The van der Waals surface area contributed by atoms with Crippen molar-refractivity contribution in [2.75, 3.05) is 19.7 Å². The van der Waals surface area contributed by atoms with Gasteiger partial charge < -0.3 is 10.4 Å². The zero-order chi connectivity index (χ0) is 15.2. The zero-order valence-corrected chi connectivity index (χ0v) is 12.7. The molecule has 5 nitrogen and oxygen atoms in total. The van der Waals surface area contributed by atoms with Gasteiger partial charge in [0.2, 0.25) is 5.91 Å². The highest BCUT2D eigenvalue weighted by atomic mass is 32.2. The van der Waals surface area contributed by atoms with E-state index in [1.165, 1.54) is 16.7 Å². The summed E-state index contributed by atoms with van der Waals surface area (Å²) in [6.45, 7) is -0.109. The number of carbonyl (C=O) groups excluding carboxylic acids is 2. The number of carbonyl (C=O) groups is 2. The molecular weight excluding hydrogens is 308 g/mol. The third-order valence-corrected chi connectivity index (χ3v) is 4.08. The van der Waals surface area contributed by atoms with Gasteiger partial charge >= 0.3 is 0 Å². The second-order valence-corrected chi connectivity index (χ2v) is 5.93. The normalized spacial score (nSPS) is 16.6. The molecule has 0 saturated carbocycles. The molecule has 2 rings (SSSR count). The fraction of sp³-hybridized carbons (Fsp3) is 0.214. The Kier molecular flexibility index (Phi) is 5.49. The molecule has 0 unspecified atom stereocenters. The summed E-state index contributed by atoms with van der Waals surface area (Å²) in [5.41, 5.74) is 0.905. The number of aliphatic hydroxyl groups excluding tert-OH is 1. The molecule has 1 aliphatic rings. The van der Waals surface area contributed by atoms with Crippen LogP contribution in [0.4, 0.5) is 0 Å². The molecular formula is C14H14N2O3S2. The van der Waals surface area contributed by atoms with Crippen molar-refractivity contribution in [3.05, 3.63) is 40.8 Å². The van der Waals surface area contributed by atoms with E-state index in [4.69, 9.17) is 17.3 Å². The lowest BCUT2D eigenvalue weighted by Crippen LogP contribution is -2.40. The molecule has 0 radical (unpaired) electrons. The average Bonchev–Trinajstić information content (AvgIpc) is 2.74. The Balaban J connectivity index is 2.06. The van der Waals surface area contributed by atoms with Gasteiger partial charge in [0, 0.05) is 6.54 Å². The number of benzene rings is 1. The summed E-state index contributed by atoms with van der Waals surface area (Å²) in [6.07, 6.45) is 1.75. The summed E-state index contributed by atoms with van der Waals surface area (Å²) in [7, 11) is 0. The second kappa shape index (κ2) is 7.35. The molecule has 21 heavy (non-hydrogen) atoms. The van der Waals surface area contributed by atoms with E-state index in [9.17, 15) is 9.59 Å². The van der Waals surface area contributed by atoms with Crippen molar-refractivity contribution < 1.29 is 14.7 Å². The van der Waals surface area contributed by atoms with Crippen LogP contribution >= 0.6 is 24.0 Å². The molecule has 1 fully saturated rings. The molecule has 0 spiro atoms. The van der Waals surface area contributed by atoms with Gasteiger partial charge in [0.25, 0.3) is 5.91 Å². The Bertz CT molecular complexity index is 587. The van der Waals surface area contributed by atoms with Gasteiger partial charge in [-0.25, -0.2) is 0 Å². The molecule has 0 bridgehead atoms. The van der Waals surface area contributed by atoms with Crippen LogP contribution in [-0.2, 0) is 9.59 Å². The zero-order valence-electron chi connectivity index (χ0n) is 11.1. The molecule has 1 aliphatic heterocycles. The number of hydrogen-bond donors (Lipinski definition) is 2. The molecule has 1 aromatic carbocycles. The minimum atomic E-state index is -0.346. The van der Waals surface area contributed by atoms with Gasteiger partial charge in [-0.05, 0) is 11.6 Å². The minimum absolute atomic E-state index is 0.128. The predicted molar refractivity (Wildman–Crippen MR) is 86.4 cm³/mol. The molecule has 2 N–H and O–H groups in total. The highest BCUT2D eigenvalue weighted by Crippen LogP contribution is 2.32. The fourth-order valence-corrected chi connectivity index (χ4v) is 2.99. The van der Waals surface area contributed by atoms with Crippen LogP contribution in [-0.4, -0.2) is 45.8 Å². The smallest absolute Gasteiger partial charge is 0.266 e. The van der Waals surface area contributed by atoms with Gasteiger partial charge in [0.15, 0.2) is 0 Å². The van der Waals surface area contributed by atoms with E-state index >= 15 is 0 Å². The maximum atomic E-state index is 12.2. The highest BCUT2D eigenvalue weighted by molar-refractivity contribution is 8.26. The fourth-order valence-electron chi connectivity index (χ4n) is 1.73. The van der Waals surface area contributed by atoms with Gasteiger partial charge in [0.1, 0.15) is 10.9 Å². The van der Waals surface area contributed by atoms with Crippen molar-refractivity contribution in [2.24, 2.45) is 0 Å². The van der Waals surface area contributed by atoms with Gasteiger partial charge in [-0.2, -0.15) is 0 Å². The number of nitrogens with zero attached hydrogens (tertiary/aromatic N) is 1. The first-order chi connectivity index (χ1) is 10.1. The lowest BCUT2D eigenvalue weighted by atomic mass is 10.2. The first-order valence-electron chi connectivity index (χ1n) is 6.30. The molecule has 110 valence electrons. The molecule has 0 atom stereocenters. The van der Waals surface area contributed by atoms with Crippen molar-refractivity contribution in [1.82, 2.24) is 10.2 Å².